The fourth-order valence-corrected chi connectivity index (χ4v) is 3.43. The zero-order valence-corrected chi connectivity index (χ0v) is 11.5. The van der Waals surface area contributed by atoms with Crippen LogP contribution in [0.2, 0.25) is 0 Å². The van der Waals surface area contributed by atoms with Gasteiger partial charge in [-0.3, -0.25) is 4.90 Å². The normalized spacial score (nSPS) is 36.0. The average Bonchev–Trinajstić information content (AvgIpc) is 2.63. The summed E-state index contributed by atoms with van der Waals surface area (Å²) in [7, 11) is 0. The Morgan fingerprint density at radius 2 is 2.29 bits per heavy atom. The minimum Gasteiger partial charge on any atom is -0.377 e. The van der Waals surface area contributed by atoms with E-state index < -0.39 is 0 Å². The maximum atomic E-state index is 5.73. The first-order chi connectivity index (χ1) is 8.24. The maximum absolute atomic E-state index is 5.73. The van der Waals surface area contributed by atoms with Crippen molar-refractivity contribution < 1.29 is 4.74 Å². The molecule has 0 aromatic heterocycles. The highest BCUT2D eigenvalue weighted by Gasteiger charge is 2.34. The summed E-state index contributed by atoms with van der Waals surface area (Å²) in [5.41, 5.74) is 0.402. The second kappa shape index (κ2) is 6.17. The van der Waals surface area contributed by atoms with Crippen LogP contribution in [0.3, 0.4) is 0 Å². The van der Waals surface area contributed by atoms with Gasteiger partial charge in [0.2, 0.25) is 0 Å². The van der Waals surface area contributed by atoms with Gasteiger partial charge >= 0.3 is 0 Å². The van der Waals surface area contributed by atoms with Crippen molar-refractivity contribution in [2.75, 3.05) is 32.8 Å². The van der Waals surface area contributed by atoms with Gasteiger partial charge in [0.15, 0.2) is 0 Å². The third kappa shape index (κ3) is 3.67. The molecule has 3 nitrogen and oxygen atoms in total. The first-order valence-corrected chi connectivity index (χ1v) is 7.33. The average molecular weight is 240 g/mol. The fourth-order valence-electron chi connectivity index (χ4n) is 3.43. The molecule has 100 valence electrons. The molecular weight excluding hydrogens is 212 g/mol. The third-order valence-corrected chi connectivity index (χ3v) is 4.12. The molecule has 0 amide bonds. The molecule has 0 aromatic rings. The maximum Gasteiger partial charge on any atom is 0.0673 e. The van der Waals surface area contributed by atoms with E-state index in [9.17, 15) is 0 Å². The van der Waals surface area contributed by atoms with E-state index in [-0.39, 0.29) is 0 Å². The van der Waals surface area contributed by atoms with Gasteiger partial charge in [-0.05, 0) is 39.2 Å². The molecule has 2 fully saturated rings. The Balaban J connectivity index is 1.92. The summed E-state index contributed by atoms with van der Waals surface area (Å²) >= 11 is 0. The lowest BCUT2D eigenvalue weighted by Gasteiger charge is -2.35. The summed E-state index contributed by atoms with van der Waals surface area (Å²) in [5.74, 6) is 0. The highest BCUT2D eigenvalue weighted by atomic mass is 16.5. The van der Waals surface area contributed by atoms with Crippen molar-refractivity contribution >= 4 is 0 Å². The van der Waals surface area contributed by atoms with Crippen LogP contribution >= 0.6 is 0 Å². The van der Waals surface area contributed by atoms with Crippen LogP contribution in [-0.4, -0.2) is 49.3 Å². The van der Waals surface area contributed by atoms with Gasteiger partial charge < -0.3 is 10.1 Å². The molecule has 2 heterocycles. The van der Waals surface area contributed by atoms with Gasteiger partial charge in [0.05, 0.1) is 6.10 Å². The predicted molar refractivity (Wildman–Crippen MR) is 71.3 cm³/mol. The summed E-state index contributed by atoms with van der Waals surface area (Å²) in [4.78, 5) is 2.62. The molecule has 0 spiro atoms. The predicted octanol–water partition coefficient (Wildman–Crippen LogP) is 2.02. The Bertz CT molecular complexity index is 226. The minimum absolute atomic E-state index is 0.401. The molecule has 0 radical (unpaired) electrons. The lowest BCUT2D eigenvalue weighted by Crippen LogP contribution is -2.51. The van der Waals surface area contributed by atoms with Gasteiger partial charge in [-0.25, -0.2) is 0 Å². The lowest BCUT2D eigenvalue weighted by molar-refractivity contribution is 0.0629. The van der Waals surface area contributed by atoms with Crippen molar-refractivity contribution in [1.29, 1.82) is 0 Å². The lowest BCUT2D eigenvalue weighted by atomic mass is 9.91. The number of hydrogen-bond acceptors (Lipinski definition) is 3. The van der Waals surface area contributed by atoms with Crippen molar-refractivity contribution in [1.82, 2.24) is 10.2 Å². The molecule has 2 aliphatic rings. The van der Waals surface area contributed by atoms with E-state index in [0.29, 0.717) is 11.6 Å². The molecular formula is C14H28N2O. The van der Waals surface area contributed by atoms with E-state index in [4.69, 9.17) is 4.74 Å². The molecule has 2 rings (SSSR count). The van der Waals surface area contributed by atoms with Crippen LogP contribution in [0.25, 0.3) is 0 Å². The van der Waals surface area contributed by atoms with E-state index >= 15 is 0 Å². The van der Waals surface area contributed by atoms with E-state index in [0.717, 1.165) is 13.2 Å². The molecule has 2 aliphatic heterocycles. The molecule has 2 atom stereocenters. The third-order valence-electron chi connectivity index (χ3n) is 4.12. The fraction of sp³-hybridized carbons (Fsp3) is 1.00. The smallest absolute Gasteiger partial charge is 0.0673 e. The van der Waals surface area contributed by atoms with Gasteiger partial charge in [0.25, 0.3) is 0 Å². The molecule has 0 saturated carbocycles. The van der Waals surface area contributed by atoms with E-state index in [1.54, 1.807) is 0 Å². The number of nitrogens with zero attached hydrogens (tertiary/aromatic N) is 1. The molecule has 0 aliphatic carbocycles. The van der Waals surface area contributed by atoms with E-state index in [1.165, 1.54) is 51.7 Å². The Kier molecular flexibility index (Phi) is 4.83. The van der Waals surface area contributed by atoms with E-state index in [2.05, 4.69) is 24.1 Å². The topological polar surface area (TPSA) is 24.5 Å². The van der Waals surface area contributed by atoms with Crippen LogP contribution in [0.5, 0.6) is 0 Å². The van der Waals surface area contributed by atoms with Crippen molar-refractivity contribution in [3.63, 3.8) is 0 Å². The van der Waals surface area contributed by atoms with Gasteiger partial charge in [-0.1, -0.05) is 13.3 Å². The SMILES string of the molecule is CCCC1(CN2CCCOC(C)C2)CCCN1. The molecule has 0 aromatic carbocycles. The quantitative estimate of drug-likeness (QED) is 0.813. The molecule has 3 heteroatoms. The van der Waals surface area contributed by atoms with Gasteiger partial charge in [0, 0.05) is 31.8 Å². The highest BCUT2D eigenvalue weighted by molar-refractivity contribution is 4.95. The van der Waals surface area contributed by atoms with Crippen LogP contribution in [0, 0.1) is 0 Å². The highest BCUT2D eigenvalue weighted by Crippen LogP contribution is 2.26. The zero-order valence-electron chi connectivity index (χ0n) is 11.5. The van der Waals surface area contributed by atoms with Gasteiger partial charge in [-0.15, -0.1) is 0 Å². The molecule has 1 N–H and O–H groups in total. The number of ether oxygens (including phenoxy) is 1. The zero-order chi connectivity index (χ0) is 12.1. The van der Waals surface area contributed by atoms with Crippen LogP contribution in [0.4, 0.5) is 0 Å². The van der Waals surface area contributed by atoms with Crippen LogP contribution < -0.4 is 5.32 Å². The Labute approximate surface area is 106 Å². The molecule has 0 bridgehead atoms. The summed E-state index contributed by atoms with van der Waals surface area (Å²) in [6.45, 7) is 10.2. The van der Waals surface area contributed by atoms with Crippen LogP contribution in [0.1, 0.15) is 46.0 Å². The van der Waals surface area contributed by atoms with Gasteiger partial charge in [-0.2, -0.15) is 0 Å². The summed E-state index contributed by atoms with van der Waals surface area (Å²) in [5, 5.41) is 3.77. The monoisotopic (exact) mass is 240 g/mol. The summed E-state index contributed by atoms with van der Waals surface area (Å²) in [6.07, 6.45) is 6.89. The Hall–Kier alpha value is -0.120. The van der Waals surface area contributed by atoms with Crippen molar-refractivity contribution in [2.24, 2.45) is 0 Å². The second-order valence-corrected chi connectivity index (χ2v) is 5.83. The van der Waals surface area contributed by atoms with Crippen molar-refractivity contribution in [3.05, 3.63) is 0 Å². The van der Waals surface area contributed by atoms with Crippen LogP contribution in [0.15, 0.2) is 0 Å². The second-order valence-electron chi connectivity index (χ2n) is 5.83. The number of hydrogen-bond donors (Lipinski definition) is 1. The molecule has 2 unspecified atom stereocenters. The first kappa shape index (κ1) is 13.3. The van der Waals surface area contributed by atoms with Crippen molar-refractivity contribution in [2.45, 2.75) is 57.6 Å². The van der Waals surface area contributed by atoms with E-state index in [1.807, 2.05) is 0 Å². The first-order valence-electron chi connectivity index (χ1n) is 7.33. The number of nitrogens with one attached hydrogen (secondary N) is 1. The number of rotatable bonds is 4. The van der Waals surface area contributed by atoms with Gasteiger partial charge in [0.1, 0.15) is 0 Å². The Morgan fingerprint density at radius 3 is 3.00 bits per heavy atom. The minimum atomic E-state index is 0.401. The molecule has 17 heavy (non-hydrogen) atoms. The summed E-state index contributed by atoms with van der Waals surface area (Å²) in [6, 6.07) is 0. The van der Waals surface area contributed by atoms with Crippen LogP contribution in [-0.2, 0) is 4.74 Å². The Morgan fingerprint density at radius 1 is 1.41 bits per heavy atom. The largest absolute Gasteiger partial charge is 0.377 e. The standard InChI is InChI=1S/C14H28N2O/c1-3-6-14(7-4-8-15-14)12-16-9-5-10-17-13(2)11-16/h13,15H,3-12H2,1-2H3. The summed E-state index contributed by atoms with van der Waals surface area (Å²) < 4.78 is 5.73. The van der Waals surface area contributed by atoms with Crippen molar-refractivity contribution in [3.8, 4) is 0 Å². The molecule has 2 saturated heterocycles.